The van der Waals surface area contributed by atoms with Gasteiger partial charge in [0.2, 0.25) is 11.8 Å². The number of carbonyl (C=O) groups excluding carboxylic acids is 1. The van der Waals surface area contributed by atoms with Crippen LogP contribution in [0.1, 0.15) is 47.2 Å². The topological polar surface area (TPSA) is 110 Å². The van der Waals surface area contributed by atoms with E-state index >= 15 is 0 Å². The van der Waals surface area contributed by atoms with Crippen LogP contribution in [0, 0.1) is 13.8 Å². The van der Waals surface area contributed by atoms with Crippen molar-refractivity contribution < 1.29 is 17.9 Å². The molecule has 0 saturated heterocycles. The molecule has 3 aromatic rings. The number of aromatic nitrogens is 2. The molecule has 1 fully saturated rings. The molecule has 176 valence electrons. The van der Waals surface area contributed by atoms with E-state index in [1.54, 1.807) is 18.2 Å². The number of amides is 1. The monoisotopic (exact) mass is 478 g/mol. The molecule has 2 aromatic carbocycles. The zero-order valence-electron chi connectivity index (χ0n) is 19.0. The molecule has 1 saturated carbocycles. The smallest absolute Gasteiger partial charge is 0.264 e. The highest BCUT2D eigenvalue weighted by Gasteiger charge is 2.30. The van der Waals surface area contributed by atoms with Gasteiger partial charge in [0.1, 0.15) is 6.10 Å². The lowest BCUT2D eigenvalue weighted by atomic mass is 9.92. The lowest BCUT2D eigenvalue weighted by molar-refractivity contribution is 0.0785. The van der Waals surface area contributed by atoms with Gasteiger partial charge in [-0.05, 0) is 62.4 Å². The number of benzene rings is 2. The van der Waals surface area contributed by atoms with Gasteiger partial charge >= 0.3 is 0 Å². The fourth-order valence-electron chi connectivity index (χ4n) is 4.67. The first kappa shape index (κ1) is 22.3. The van der Waals surface area contributed by atoms with Crippen LogP contribution < -0.4 is 14.8 Å². The summed E-state index contributed by atoms with van der Waals surface area (Å²) in [6.07, 6.45) is 3.19. The van der Waals surface area contributed by atoms with E-state index in [4.69, 9.17) is 4.74 Å². The Balaban J connectivity index is 1.68. The maximum absolute atomic E-state index is 13.1. The summed E-state index contributed by atoms with van der Waals surface area (Å²) in [5, 5.41) is 3.04. The van der Waals surface area contributed by atoms with E-state index in [1.165, 1.54) is 12.1 Å². The molecule has 0 spiro atoms. The number of hydrogen-bond donors (Lipinski definition) is 2. The number of anilines is 1. The molecule has 1 amide bonds. The third-order valence-corrected chi connectivity index (χ3v) is 7.69. The van der Waals surface area contributed by atoms with Crippen LogP contribution in [0.25, 0.3) is 11.3 Å². The number of ether oxygens (including phenoxy) is 1. The number of carbonyl (C=O) groups is 1. The number of nitrogens with zero attached hydrogens (tertiary/aromatic N) is 2. The lowest BCUT2D eigenvalue weighted by Gasteiger charge is -2.32. The van der Waals surface area contributed by atoms with E-state index in [2.05, 4.69) is 20.0 Å². The summed E-state index contributed by atoms with van der Waals surface area (Å²) in [7, 11) is -4.04. The molecule has 2 N–H and O–H groups in total. The van der Waals surface area contributed by atoms with Crippen molar-refractivity contribution in [2.75, 3.05) is 4.72 Å². The van der Waals surface area contributed by atoms with Gasteiger partial charge in [0.15, 0.2) is 0 Å². The molecule has 1 aliphatic heterocycles. The fraction of sp³-hybridized carbons (Fsp3) is 0.320. The summed E-state index contributed by atoms with van der Waals surface area (Å²) in [5.41, 5.74) is 3.75. The van der Waals surface area contributed by atoms with Gasteiger partial charge in [-0.2, -0.15) is 4.98 Å². The van der Waals surface area contributed by atoms with Crippen molar-refractivity contribution in [2.45, 2.75) is 56.6 Å². The third-order valence-electron chi connectivity index (χ3n) is 6.36. The van der Waals surface area contributed by atoms with E-state index in [0.717, 1.165) is 42.4 Å². The van der Waals surface area contributed by atoms with Crippen LogP contribution in [-0.4, -0.2) is 36.4 Å². The van der Waals surface area contributed by atoms with Crippen LogP contribution in [-0.2, 0) is 10.0 Å². The Morgan fingerprint density at radius 1 is 0.971 bits per heavy atom. The second-order valence-corrected chi connectivity index (χ2v) is 10.5. The zero-order chi connectivity index (χ0) is 23.9. The molecule has 1 aromatic heterocycles. The van der Waals surface area contributed by atoms with E-state index in [1.807, 2.05) is 32.0 Å². The molecule has 34 heavy (non-hydrogen) atoms. The number of rotatable bonds is 1. The fourth-order valence-corrected chi connectivity index (χ4v) is 5.66. The summed E-state index contributed by atoms with van der Waals surface area (Å²) < 4.78 is 35.1. The number of nitrogens with one attached hydrogen (secondary N) is 2. The predicted octanol–water partition coefficient (Wildman–Crippen LogP) is 3.99. The Bertz CT molecular complexity index is 1350. The van der Waals surface area contributed by atoms with Gasteiger partial charge in [0.05, 0.1) is 16.6 Å². The molecule has 0 radical (unpaired) electrons. The van der Waals surface area contributed by atoms with Crippen LogP contribution in [0.2, 0.25) is 0 Å². The molecule has 8 nitrogen and oxygen atoms in total. The van der Waals surface area contributed by atoms with Crippen molar-refractivity contribution >= 4 is 21.9 Å². The van der Waals surface area contributed by atoms with Gasteiger partial charge < -0.3 is 10.1 Å². The maximum atomic E-state index is 13.1. The summed E-state index contributed by atoms with van der Waals surface area (Å²) >= 11 is 0. The van der Waals surface area contributed by atoms with Crippen LogP contribution >= 0.6 is 0 Å². The number of aryl methyl sites for hydroxylation is 2. The minimum absolute atomic E-state index is 0.0388. The molecule has 4 bridgehead atoms. The summed E-state index contributed by atoms with van der Waals surface area (Å²) in [6.45, 7) is 3.96. The first-order valence-corrected chi connectivity index (χ1v) is 12.8. The highest BCUT2D eigenvalue weighted by atomic mass is 32.2. The van der Waals surface area contributed by atoms with Gasteiger partial charge in [-0.1, -0.05) is 30.7 Å². The van der Waals surface area contributed by atoms with Crippen molar-refractivity contribution in [2.24, 2.45) is 0 Å². The second kappa shape index (κ2) is 8.72. The Labute approximate surface area is 198 Å². The summed E-state index contributed by atoms with van der Waals surface area (Å²) in [5.74, 6) is -0.139. The Morgan fingerprint density at radius 3 is 2.50 bits per heavy atom. The molecule has 2 atom stereocenters. The van der Waals surface area contributed by atoms with Crippen LogP contribution in [0.5, 0.6) is 5.88 Å². The van der Waals surface area contributed by atoms with Crippen molar-refractivity contribution in [3.63, 3.8) is 0 Å². The second-order valence-electron chi connectivity index (χ2n) is 8.84. The van der Waals surface area contributed by atoms with Gasteiger partial charge in [-0.25, -0.2) is 18.1 Å². The summed E-state index contributed by atoms with van der Waals surface area (Å²) in [6, 6.07) is 13.4. The maximum Gasteiger partial charge on any atom is 0.264 e. The lowest BCUT2D eigenvalue weighted by Crippen LogP contribution is -2.47. The first-order valence-electron chi connectivity index (χ1n) is 11.4. The van der Waals surface area contributed by atoms with Crippen LogP contribution in [0.3, 0.4) is 0 Å². The molecular formula is C25H26N4O4S. The number of fused-ring (bicyclic) bond motifs is 5. The van der Waals surface area contributed by atoms with Crippen molar-refractivity contribution in [3.05, 3.63) is 65.2 Å². The minimum Gasteiger partial charge on any atom is -0.472 e. The van der Waals surface area contributed by atoms with E-state index in [-0.39, 0.29) is 40.3 Å². The van der Waals surface area contributed by atoms with E-state index in [9.17, 15) is 13.2 Å². The number of hydrogen-bond acceptors (Lipinski definition) is 6. The average molecular weight is 479 g/mol. The SMILES string of the molecule is Cc1cccc(C)c1-c1cc2nc(n1)NS(=O)(=O)c1cccc(c1)C(=O)NC1CCCC[C@@H]1O2. The average Bonchev–Trinajstić information content (AvgIpc) is 2.79. The highest BCUT2D eigenvalue weighted by molar-refractivity contribution is 7.92. The van der Waals surface area contributed by atoms with Crippen molar-refractivity contribution in [3.8, 4) is 17.1 Å². The van der Waals surface area contributed by atoms with Crippen molar-refractivity contribution in [1.29, 1.82) is 0 Å². The Kier molecular flexibility index (Phi) is 5.73. The normalized spacial score (nSPS) is 21.4. The highest BCUT2D eigenvalue weighted by Crippen LogP contribution is 2.31. The molecule has 2 heterocycles. The number of sulfonamides is 1. The molecule has 1 unspecified atom stereocenters. The van der Waals surface area contributed by atoms with E-state index < -0.39 is 10.0 Å². The Morgan fingerprint density at radius 2 is 1.71 bits per heavy atom. The molecular weight excluding hydrogens is 452 g/mol. The van der Waals surface area contributed by atoms with Crippen LogP contribution in [0.15, 0.2) is 53.4 Å². The molecule has 9 heteroatoms. The van der Waals surface area contributed by atoms with Crippen LogP contribution in [0.4, 0.5) is 5.95 Å². The molecule has 2 aliphatic rings. The zero-order valence-corrected chi connectivity index (χ0v) is 19.9. The largest absolute Gasteiger partial charge is 0.472 e. The molecule has 5 rings (SSSR count). The molecule has 1 aliphatic carbocycles. The van der Waals surface area contributed by atoms with Gasteiger partial charge in [0.25, 0.3) is 15.9 Å². The predicted molar refractivity (Wildman–Crippen MR) is 128 cm³/mol. The third kappa shape index (κ3) is 4.35. The summed E-state index contributed by atoms with van der Waals surface area (Å²) in [4.78, 5) is 21.8. The van der Waals surface area contributed by atoms with Crippen molar-refractivity contribution in [1.82, 2.24) is 15.3 Å². The van der Waals surface area contributed by atoms with Gasteiger partial charge in [-0.3, -0.25) is 4.79 Å². The standard InChI is InChI=1S/C25H26N4O4S/c1-15-7-5-8-16(2)23(15)20-14-22-28-25(27-20)29-34(31,32)18-10-6-9-17(13-18)24(30)26-19-11-3-4-12-21(19)33-22/h5-10,13-14,19,21H,3-4,11-12H2,1-2H3,(H,26,30)(H,27,28,29)/t19?,21-/m0/s1. The van der Waals surface area contributed by atoms with Gasteiger partial charge in [0, 0.05) is 17.2 Å². The Hall–Kier alpha value is -3.46. The quantitative estimate of drug-likeness (QED) is 0.547. The minimum atomic E-state index is -4.04. The van der Waals surface area contributed by atoms with E-state index in [0.29, 0.717) is 5.69 Å². The van der Waals surface area contributed by atoms with Gasteiger partial charge in [-0.15, -0.1) is 0 Å². The first-order chi connectivity index (χ1) is 16.3.